The molecule has 1 aromatic rings. The van der Waals surface area contributed by atoms with Crippen LogP contribution in [-0.2, 0) is 6.54 Å². The van der Waals surface area contributed by atoms with E-state index < -0.39 is 0 Å². The number of hydrogen-bond donors (Lipinski definition) is 0. The Hall–Kier alpha value is 0.240. The highest BCUT2D eigenvalue weighted by atomic mass is 79.9. The molecule has 1 saturated heterocycles. The van der Waals surface area contributed by atoms with Gasteiger partial charge in [0.2, 0.25) is 0 Å². The maximum Gasteiger partial charge on any atom is 0.0465 e. The van der Waals surface area contributed by atoms with Gasteiger partial charge in [-0.3, -0.25) is 4.90 Å². The Labute approximate surface area is 108 Å². The molecule has 0 bridgehead atoms. The predicted octanol–water partition coefficient (Wildman–Crippen LogP) is 3.82. The van der Waals surface area contributed by atoms with Gasteiger partial charge in [0.15, 0.2) is 0 Å². The lowest BCUT2D eigenvalue weighted by Gasteiger charge is -2.38. The Morgan fingerprint density at radius 1 is 1.33 bits per heavy atom. The van der Waals surface area contributed by atoms with Crippen LogP contribution >= 0.6 is 39.1 Å². The van der Waals surface area contributed by atoms with E-state index in [1.54, 1.807) is 6.07 Å². The third-order valence-corrected chi connectivity index (χ3v) is 4.16. The quantitative estimate of drug-likeness (QED) is 0.767. The minimum atomic E-state index is 0.700. The van der Waals surface area contributed by atoms with Gasteiger partial charge in [0, 0.05) is 35.0 Å². The van der Waals surface area contributed by atoms with Crippen LogP contribution in [0.15, 0.2) is 18.2 Å². The third-order valence-electron chi connectivity index (χ3n) is 2.66. The zero-order valence-corrected chi connectivity index (χ0v) is 11.3. The molecule has 0 amide bonds. The van der Waals surface area contributed by atoms with Gasteiger partial charge in [-0.25, -0.2) is 0 Å². The summed E-state index contributed by atoms with van der Waals surface area (Å²) in [5.41, 5.74) is 1.16. The molecule has 1 aliphatic heterocycles. The Kier molecular flexibility index (Phi) is 3.94. The van der Waals surface area contributed by atoms with E-state index in [0.29, 0.717) is 5.02 Å². The highest BCUT2D eigenvalue weighted by Gasteiger charge is 2.25. The maximum absolute atomic E-state index is 6.10. The third kappa shape index (κ3) is 2.88. The smallest absolute Gasteiger partial charge is 0.0465 e. The minimum absolute atomic E-state index is 0.700. The zero-order chi connectivity index (χ0) is 10.8. The van der Waals surface area contributed by atoms with Crippen molar-refractivity contribution in [3.63, 3.8) is 0 Å². The van der Waals surface area contributed by atoms with Gasteiger partial charge in [-0.1, -0.05) is 45.2 Å². The van der Waals surface area contributed by atoms with Gasteiger partial charge in [-0.2, -0.15) is 0 Å². The molecule has 15 heavy (non-hydrogen) atoms. The molecule has 1 nitrogen and oxygen atoms in total. The first-order chi connectivity index (χ1) is 7.19. The monoisotopic (exact) mass is 307 g/mol. The zero-order valence-electron chi connectivity index (χ0n) is 8.22. The molecule has 1 fully saturated rings. The van der Waals surface area contributed by atoms with Gasteiger partial charge < -0.3 is 0 Å². The van der Waals surface area contributed by atoms with Crippen LogP contribution in [0.2, 0.25) is 10.0 Å². The summed E-state index contributed by atoms with van der Waals surface area (Å²) >= 11 is 15.4. The number of hydrogen-bond acceptors (Lipinski definition) is 1. The molecule has 1 aromatic carbocycles. The van der Waals surface area contributed by atoms with E-state index in [-0.39, 0.29) is 0 Å². The first kappa shape index (κ1) is 11.7. The summed E-state index contributed by atoms with van der Waals surface area (Å²) in [4.78, 5) is 2.39. The molecule has 1 aliphatic rings. The summed E-state index contributed by atoms with van der Waals surface area (Å²) in [6.45, 7) is 3.24. The van der Waals surface area contributed by atoms with E-state index in [2.05, 4.69) is 20.8 Å². The maximum atomic E-state index is 6.10. The van der Waals surface area contributed by atoms with Crippen LogP contribution in [-0.4, -0.2) is 23.3 Å². The molecule has 0 saturated carbocycles. The van der Waals surface area contributed by atoms with Crippen LogP contribution in [0.3, 0.4) is 0 Å². The molecule has 0 spiro atoms. The minimum Gasteiger partial charge on any atom is -0.298 e. The fourth-order valence-electron chi connectivity index (χ4n) is 1.79. The van der Waals surface area contributed by atoms with Gasteiger partial charge >= 0.3 is 0 Å². The number of rotatable bonds is 3. The normalized spacial score (nSPS) is 17.8. The second-order valence-electron chi connectivity index (χ2n) is 3.95. The van der Waals surface area contributed by atoms with Crippen molar-refractivity contribution in [1.29, 1.82) is 0 Å². The summed E-state index contributed by atoms with van der Waals surface area (Å²) < 4.78 is 0. The van der Waals surface area contributed by atoms with Crippen molar-refractivity contribution in [3.8, 4) is 0 Å². The Bertz CT molecular complexity index is 350. The van der Waals surface area contributed by atoms with Crippen molar-refractivity contribution in [2.45, 2.75) is 6.54 Å². The number of likely N-dealkylation sites (tertiary alicyclic amines) is 1. The molecule has 0 aliphatic carbocycles. The lowest BCUT2D eigenvalue weighted by Crippen LogP contribution is -2.46. The predicted molar refractivity (Wildman–Crippen MR) is 69.0 cm³/mol. The molecule has 4 heteroatoms. The molecule has 0 aromatic heterocycles. The summed E-state index contributed by atoms with van der Waals surface area (Å²) in [5, 5.41) is 2.56. The molecule has 2 rings (SSSR count). The number of benzene rings is 1. The number of halogens is 3. The van der Waals surface area contributed by atoms with Crippen molar-refractivity contribution >= 4 is 39.1 Å². The Morgan fingerprint density at radius 2 is 2.07 bits per heavy atom. The summed E-state index contributed by atoms with van der Waals surface area (Å²) in [5.74, 6) is 0.802. The van der Waals surface area contributed by atoms with E-state index in [0.717, 1.165) is 41.5 Å². The van der Waals surface area contributed by atoms with Crippen LogP contribution in [0, 0.1) is 5.92 Å². The second-order valence-corrected chi connectivity index (χ2v) is 5.44. The molecule has 0 N–H and O–H groups in total. The summed E-state index contributed by atoms with van der Waals surface area (Å²) in [7, 11) is 0. The standard InChI is InChI=1S/C11H12BrCl2N/c12-4-8-5-15(6-8)7-9-1-2-10(13)3-11(9)14/h1-3,8H,4-7H2. The SMILES string of the molecule is Clc1ccc(CN2CC(CBr)C2)c(Cl)c1. The average molecular weight is 309 g/mol. The molecule has 0 atom stereocenters. The van der Waals surface area contributed by atoms with Gasteiger partial charge in [0.25, 0.3) is 0 Å². The van der Waals surface area contributed by atoms with Gasteiger partial charge in [0.1, 0.15) is 0 Å². The van der Waals surface area contributed by atoms with Crippen LogP contribution in [0.1, 0.15) is 5.56 Å². The van der Waals surface area contributed by atoms with Crippen molar-refractivity contribution in [2.75, 3.05) is 18.4 Å². The Balaban J connectivity index is 1.94. The Morgan fingerprint density at radius 3 is 2.67 bits per heavy atom. The fourth-order valence-corrected chi connectivity index (χ4v) is 2.67. The number of alkyl halides is 1. The van der Waals surface area contributed by atoms with Crippen LogP contribution in [0.4, 0.5) is 0 Å². The van der Waals surface area contributed by atoms with E-state index >= 15 is 0 Å². The highest BCUT2D eigenvalue weighted by Crippen LogP contribution is 2.25. The van der Waals surface area contributed by atoms with Crippen LogP contribution in [0.5, 0.6) is 0 Å². The molecule has 82 valence electrons. The molecule has 1 heterocycles. The lowest BCUT2D eigenvalue weighted by molar-refractivity contribution is 0.108. The molecular weight excluding hydrogens is 297 g/mol. The van der Waals surface area contributed by atoms with E-state index in [1.165, 1.54) is 0 Å². The van der Waals surface area contributed by atoms with Crippen molar-refractivity contribution in [3.05, 3.63) is 33.8 Å². The largest absolute Gasteiger partial charge is 0.298 e. The average Bonchev–Trinajstić information content (AvgIpc) is 2.13. The van der Waals surface area contributed by atoms with Crippen LogP contribution in [0.25, 0.3) is 0 Å². The van der Waals surface area contributed by atoms with Crippen molar-refractivity contribution in [2.24, 2.45) is 5.92 Å². The second kappa shape index (κ2) is 5.05. The topological polar surface area (TPSA) is 3.24 Å². The molecular formula is C11H12BrCl2N. The van der Waals surface area contributed by atoms with E-state index in [9.17, 15) is 0 Å². The lowest BCUT2D eigenvalue weighted by atomic mass is 10.0. The fraction of sp³-hybridized carbons (Fsp3) is 0.455. The van der Waals surface area contributed by atoms with Crippen molar-refractivity contribution in [1.82, 2.24) is 4.90 Å². The van der Waals surface area contributed by atoms with Gasteiger partial charge in [0.05, 0.1) is 0 Å². The summed E-state index contributed by atoms with van der Waals surface area (Å²) in [6.07, 6.45) is 0. The molecule has 0 unspecified atom stereocenters. The van der Waals surface area contributed by atoms with Gasteiger partial charge in [-0.15, -0.1) is 0 Å². The van der Waals surface area contributed by atoms with E-state index in [4.69, 9.17) is 23.2 Å². The first-order valence-corrected chi connectivity index (χ1v) is 6.79. The highest BCUT2D eigenvalue weighted by molar-refractivity contribution is 9.09. The van der Waals surface area contributed by atoms with Gasteiger partial charge in [-0.05, 0) is 23.6 Å². The van der Waals surface area contributed by atoms with Crippen LogP contribution < -0.4 is 0 Å². The van der Waals surface area contributed by atoms with Crippen molar-refractivity contribution < 1.29 is 0 Å². The first-order valence-electron chi connectivity index (χ1n) is 4.91. The molecule has 0 radical (unpaired) electrons. The van der Waals surface area contributed by atoms with E-state index in [1.807, 2.05) is 12.1 Å². The summed E-state index contributed by atoms with van der Waals surface area (Å²) in [6, 6.07) is 5.71. The number of nitrogens with zero attached hydrogens (tertiary/aromatic N) is 1.